The SMILES string of the molecule is Cc1ccc(C(C(C(=O)O)C(=O)O)C(C(=O)O)C(=O)O)cc1. The predicted octanol–water partition coefficient (Wildman–Crippen LogP) is 0.649. The van der Waals surface area contributed by atoms with Gasteiger partial charge in [-0.25, -0.2) is 0 Å². The average Bonchev–Trinajstić information content (AvgIpc) is 2.37. The molecule has 0 saturated heterocycles. The fraction of sp³-hybridized carbons (Fsp3) is 0.286. The lowest BCUT2D eigenvalue weighted by Crippen LogP contribution is -2.40. The van der Waals surface area contributed by atoms with Crippen LogP contribution in [-0.2, 0) is 19.2 Å². The van der Waals surface area contributed by atoms with Crippen molar-refractivity contribution in [3.05, 3.63) is 35.4 Å². The van der Waals surface area contributed by atoms with Crippen molar-refractivity contribution >= 4 is 23.9 Å². The molecule has 118 valence electrons. The first-order chi connectivity index (χ1) is 10.2. The zero-order valence-electron chi connectivity index (χ0n) is 11.5. The highest BCUT2D eigenvalue weighted by atomic mass is 16.4. The predicted molar refractivity (Wildman–Crippen MR) is 71.4 cm³/mol. The van der Waals surface area contributed by atoms with Crippen molar-refractivity contribution in [2.24, 2.45) is 11.8 Å². The molecule has 0 aliphatic carbocycles. The Morgan fingerprint density at radius 2 is 1.05 bits per heavy atom. The largest absolute Gasteiger partial charge is 0.481 e. The summed E-state index contributed by atoms with van der Waals surface area (Å²) in [4.78, 5) is 44.8. The van der Waals surface area contributed by atoms with Crippen molar-refractivity contribution in [2.45, 2.75) is 12.8 Å². The van der Waals surface area contributed by atoms with E-state index in [-0.39, 0.29) is 5.56 Å². The van der Waals surface area contributed by atoms with E-state index in [0.29, 0.717) is 0 Å². The van der Waals surface area contributed by atoms with E-state index in [9.17, 15) is 19.2 Å². The maximum Gasteiger partial charge on any atom is 0.318 e. The number of carboxylic acids is 4. The highest BCUT2D eigenvalue weighted by Crippen LogP contribution is 2.34. The number of hydrogen-bond acceptors (Lipinski definition) is 4. The standard InChI is InChI=1S/C14H14O8/c1-6-2-4-7(5-3-6)8(9(11(15)16)12(17)18)10(13(19)20)14(21)22/h2-5,8-10H,1H3,(H,15,16)(H,17,18)(H,19,20)(H,21,22). The van der Waals surface area contributed by atoms with Gasteiger partial charge in [0.15, 0.2) is 11.8 Å². The van der Waals surface area contributed by atoms with Crippen molar-refractivity contribution in [3.63, 3.8) is 0 Å². The molecule has 22 heavy (non-hydrogen) atoms. The summed E-state index contributed by atoms with van der Waals surface area (Å²) in [6, 6.07) is 5.70. The Kier molecular flexibility index (Phi) is 5.23. The molecule has 1 aromatic rings. The molecule has 8 nitrogen and oxygen atoms in total. The average molecular weight is 310 g/mol. The molecule has 0 aromatic heterocycles. The van der Waals surface area contributed by atoms with Crippen LogP contribution < -0.4 is 0 Å². The van der Waals surface area contributed by atoms with Gasteiger partial charge in [0.25, 0.3) is 0 Å². The van der Waals surface area contributed by atoms with Crippen LogP contribution in [0.4, 0.5) is 0 Å². The zero-order chi connectivity index (χ0) is 17.0. The minimum absolute atomic E-state index is 0.0233. The van der Waals surface area contributed by atoms with Gasteiger partial charge in [0, 0.05) is 5.92 Å². The summed E-state index contributed by atoms with van der Waals surface area (Å²) in [6.45, 7) is 1.72. The van der Waals surface area contributed by atoms with E-state index in [1.807, 2.05) is 0 Å². The van der Waals surface area contributed by atoms with Gasteiger partial charge in [0.1, 0.15) is 0 Å². The van der Waals surface area contributed by atoms with E-state index >= 15 is 0 Å². The lowest BCUT2D eigenvalue weighted by Gasteiger charge is -2.25. The fourth-order valence-electron chi connectivity index (χ4n) is 2.19. The van der Waals surface area contributed by atoms with Gasteiger partial charge in [-0.2, -0.15) is 0 Å². The van der Waals surface area contributed by atoms with Gasteiger partial charge in [-0.15, -0.1) is 0 Å². The van der Waals surface area contributed by atoms with E-state index in [1.54, 1.807) is 6.92 Å². The molecule has 0 aliphatic heterocycles. The van der Waals surface area contributed by atoms with Crippen molar-refractivity contribution in [1.29, 1.82) is 0 Å². The second-order valence-corrected chi connectivity index (χ2v) is 4.74. The van der Waals surface area contributed by atoms with E-state index < -0.39 is 41.6 Å². The van der Waals surface area contributed by atoms with Gasteiger partial charge in [0.2, 0.25) is 0 Å². The molecular formula is C14H14O8. The third kappa shape index (κ3) is 3.60. The Bertz CT molecular complexity index is 544. The molecule has 0 radical (unpaired) electrons. The van der Waals surface area contributed by atoms with Gasteiger partial charge in [-0.1, -0.05) is 29.8 Å². The molecule has 0 amide bonds. The summed E-state index contributed by atoms with van der Waals surface area (Å²) in [5, 5.41) is 36.3. The second-order valence-electron chi connectivity index (χ2n) is 4.74. The summed E-state index contributed by atoms with van der Waals surface area (Å²) in [7, 11) is 0. The van der Waals surface area contributed by atoms with E-state index in [4.69, 9.17) is 20.4 Å². The molecule has 4 N–H and O–H groups in total. The molecule has 8 heteroatoms. The number of aryl methyl sites for hydroxylation is 1. The molecule has 0 saturated carbocycles. The molecule has 0 aliphatic rings. The topological polar surface area (TPSA) is 149 Å². The van der Waals surface area contributed by atoms with Crippen LogP contribution in [0.3, 0.4) is 0 Å². The maximum atomic E-state index is 11.2. The Balaban J connectivity index is 3.52. The van der Waals surface area contributed by atoms with Crippen LogP contribution in [0.5, 0.6) is 0 Å². The van der Waals surface area contributed by atoms with Crippen LogP contribution in [0.2, 0.25) is 0 Å². The zero-order valence-corrected chi connectivity index (χ0v) is 11.5. The number of rotatable bonds is 7. The Labute approximate surface area is 124 Å². The molecular weight excluding hydrogens is 296 g/mol. The summed E-state index contributed by atoms with van der Waals surface area (Å²) >= 11 is 0. The van der Waals surface area contributed by atoms with Crippen LogP contribution in [0.1, 0.15) is 17.0 Å². The minimum Gasteiger partial charge on any atom is -0.481 e. The first-order valence-corrected chi connectivity index (χ1v) is 6.14. The summed E-state index contributed by atoms with van der Waals surface area (Å²) in [5.41, 5.74) is 0.794. The lowest BCUT2D eigenvalue weighted by atomic mass is 9.76. The molecule has 0 fully saturated rings. The van der Waals surface area contributed by atoms with Gasteiger partial charge in [-0.05, 0) is 12.5 Å². The Morgan fingerprint density at radius 1 is 0.727 bits per heavy atom. The monoisotopic (exact) mass is 310 g/mol. The van der Waals surface area contributed by atoms with Crippen LogP contribution in [0.15, 0.2) is 24.3 Å². The number of carboxylic acid groups (broad SMARTS) is 4. The summed E-state index contributed by atoms with van der Waals surface area (Å²) in [5.74, 6) is -13.3. The maximum absolute atomic E-state index is 11.2. The quantitative estimate of drug-likeness (QED) is 0.536. The van der Waals surface area contributed by atoms with Crippen LogP contribution in [0.25, 0.3) is 0 Å². The molecule has 1 rings (SSSR count). The number of carbonyl (C=O) groups is 4. The third-order valence-corrected chi connectivity index (χ3v) is 3.24. The van der Waals surface area contributed by atoms with Gasteiger partial charge in [-0.3, -0.25) is 19.2 Å². The van der Waals surface area contributed by atoms with Crippen LogP contribution in [-0.4, -0.2) is 44.3 Å². The molecule has 0 heterocycles. The lowest BCUT2D eigenvalue weighted by molar-refractivity contribution is -0.161. The molecule has 0 bridgehead atoms. The Hall–Kier alpha value is -2.90. The van der Waals surface area contributed by atoms with Crippen molar-refractivity contribution in [1.82, 2.24) is 0 Å². The van der Waals surface area contributed by atoms with Gasteiger partial charge >= 0.3 is 23.9 Å². The minimum atomic E-state index is -2.19. The highest BCUT2D eigenvalue weighted by Gasteiger charge is 2.47. The van der Waals surface area contributed by atoms with Crippen molar-refractivity contribution < 1.29 is 39.6 Å². The fourth-order valence-corrected chi connectivity index (χ4v) is 2.19. The molecule has 0 spiro atoms. The summed E-state index contributed by atoms with van der Waals surface area (Å²) < 4.78 is 0. The Morgan fingerprint density at radius 3 is 1.32 bits per heavy atom. The number of hydrogen-bond donors (Lipinski definition) is 4. The number of aliphatic carboxylic acids is 4. The molecule has 0 atom stereocenters. The molecule has 0 unspecified atom stereocenters. The first kappa shape index (κ1) is 17.2. The third-order valence-electron chi connectivity index (χ3n) is 3.24. The second kappa shape index (κ2) is 6.70. The highest BCUT2D eigenvalue weighted by molar-refractivity contribution is 5.99. The first-order valence-electron chi connectivity index (χ1n) is 6.14. The normalized spacial score (nSPS) is 10.9. The smallest absolute Gasteiger partial charge is 0.318 e. The summed E-state index contributed by atoms with van der Waals surface area (Å²) in [6.07, 6.45) is 0. The van der Waals surface area contributed by atoms with Crippen LogP contribution >= 0.6 is 0 Å². The van der Waals surface area contributed by atoms with Crippen LogP contribution in [0, 0.1) is 18.8 Å². The van der Waals surface area contributed by atoms with Gasteiger partial charge < -0.3 is 20.4 Å². The van der Waals surface area contributed by atoms with Crippen molar-refractivity contribution in [3.8, 4) is 0 Å². The van der Waals surface area contributed by atoms with E-state index in [1.165, 1.54) is 24.3 Å². The molecule has 1 aromatic carbocycles. The van der Waals surface area contributed by atoms with E-state index in [2.05, 4.69) is 0 Å². The number of benzene rings is 1. The van der Waals surface area contributed by atoms with E-state index in [0.717, 1.165) is 5.56 Å². The van der Waals surface area contributed by atoms with Crippen molar-refractivity contribution in [2.75, 3.05) is 0 Å². The van der Waals surface area contributed by atoms with Gasteiger partial charge in [0.05, 0.1) is 0 Å².